The summed E-state index contributed by atoms with van der Waals surface area (Å²) in [4.78, 5) is 28.9. The summed E-state index contributed by atoms with van der Waals surface area (Å²) in [5.41, 5.74) is -3.28. The number of nitrogens with one attached hydrogen (secondary N) is 1. The largest absolute Gasteiger partial charge is 0.462 e. The van der Waals surface area contributed by atoms with Crippen LogP contribution in [0.25, 0.3) is 0 Å². The summed E-state index contributed by atoms with van der Waals surface area (Å²) < 4.78 is 98.9. The van der Waals surface area contributed by atoms with E-state index < -0.39 is 68.3 Å². The van der Waals surface area contributed by atoms with Crippen molar-refractivity contribution in [2.75, 3.05) is 24.6 Å². The van der Waals surface area contributed by atoms with Gasteiger partial charge < -0.3 is 9.64 Å². The van der Waals surface area contributed by atoms with Crippen LogP contribution in [0.4, 0.5) is 27.8 Å². The van der Waals surface area contributed by atoms with E-state index in [9.17, 15) is 45.2 Å². The number of pyridine rings is 1. The number of esters is 1. The van der Waals surface area contributed by atoms with Crippen LogP contribution < -0.4 is 9.62 Å². The average molecular weight is 546 g/mol. The Labute approximate surface area is 207 Å². The molecule has 0 unspecified atom stereocenters. The third kappa shape index (κ3) is 5.96. The molecule has 1 amide bonds. The van der Waals surface area contributed by atoms with E-state index in [4.69, 9.17) is 0 Å². The lowest BCUT2D eigenvalue weighted by Gasteiger charge is -2.39. The number of rotatable bonds is 8. The van der Waals surface area contributed by atoms with Gasteiger partial charge in [-0.3, -0.25) is 9.52 Å². The van der Waals surface area contributed by atoms with Crippen LogP contribution in [0, 0.1) is 17.2 Å². The van der Waals surface area contributed by atoms with Crippen LogP contribution in [0.15, 0.2) is 36.4 Å². The molecule has 2 aromatic rings. The number of alkyl halides is 5. The van der Waals surface area contributed by atoms with Crippen molar-refractivity contribution in [2.24, 2.45) is 5.92 Å². The molecular weight excluding hydrogens is 527 g/mol. The standard InChI is InChI=1S/C22H19F5N4O5S/c1-2-36-20(33)16-8-14(9-28)18(29-17(16)21(23,24)22(25,26)27)31-10-15(11-31)19(32)30-37(34,35)12-13-6-4-3-5-7-13/h3-8,15H,2,10-12H2,1H3,(H,30,32). The molecule has 198 valence electrons. The van der Waals surface area contributed by atoms with Gasteiger partial charge >= 0.3 is 18.1 Å². The average Bonchev–Trinajstić information content (AvgIpc) is 2.77. The van der Waals surface area contributed by atoms with Gasteiger partial charge in [0.1, 0.15) is 17.6 Å². The summed E-state index contributed by atoms with van der Waals surface area (Å²) in [6.07, 6.45) is -6.11. The maximum Gasteiger partial charge on any atom is 0.459 e. The van der Waals surface area contributed by atoms with Crippen molar-refractivity contribution in [1.82, 2.24) is 9.71 Å². The molecule has 9 nitrogen and oxygen atoms in total. The molecule has 1 aromatic carbocycles. The molecule has 0 radical (unpaired) electrons. The Balaban J connectivity index is 1.84. The Hall–Kier alpha value is -3.80. The zero-order valence-corrected chi connectivity index (χ0v) is 19.9. The molecule has 0 spiro atoms. The molecule has 1 aliphatic heterocycles. The second-order valence-corrected chi connectivity index (χ2v) is 9.70. The van der Waals surface area contributed by atoms with Gasteiger partial charge in [0.15, 0.2) is 0 Å². The minimum absolute atomic E-state index is 0.329. The van der Waals surface area contributed by atoms with Gasteiger partial charge in [0.2, 0.25) is 15.9 Å². The number of amides is 1. The maximum atomic E-state index is 14.3. The fourth-order valence-corrected chi connectivity index (χ4v) is 4.63. The first kappa shape index (κ1) is 27.8. The second kappa shape index (κ2) is 10.3. The molecule has 1 aliphatic rings. The van der Waals surface area contributed by atoms with Gasteiger partial charge in [-0.15, -0.1) is 0 Å². The molecule has 1 N–H and O–H groups in total. The summed E-state index contributed by atoms with van der Waals surface area (Å²) in [7, 11) is -4.07. The normalized spacial score (nSPS) is 14.5. The molecule has 0 saturated carbocycles. The van der Waals surface area contributed by atoms with E-state index in [1.54, 1.807) is 24.3 Å². The Bertz CT molecular complexity index is 1340. The van der Waals surface area contributed by atoms with Gasteiger partial charge in [0, 0.05) is 13.1 Å². The fraction of sp³-hybridized carbons (Fsp3) is 0.364. The van der Waals surface area contributed by atoms with Crippen LogP contribution >= 0.6 is 0 Å². The molecule has 3 rings (SSSR count). The van der Waals surface area contributed by atoms with Crippen LogP contribution in [-0.4, -0.2) is 51.2 Å². The lowest BCUT2D eigenvalue weighted by molar-refractivity contribution is -0.291. The van der Waals surface area contributed by atoms with Crippen LogP contribution in [0.2, 0.25) is 0 Å². The van der Waals surface area contributed by atoms with Crippen molar-refractivity contribution in [3.63, 3.8) is 0 Å². The zero-order chi connectivity index (χ0) is 27.6. The Kier molecular flexibility index (Phi) is 7.72. The number of carbonyl (C=O) groups is 2. The van der Waals surface area contributed by atoms with E-state index in [-0.39, 0.29) is 19.7 Å². The number of nitriles is 1. The second-order valence-electron chi connectivity index (χ2n) is 7.97. The van der Waals surface area contributed by atoms with Crippen molar-refractivity contribution in [2.45, 2.75) is 24.8 Å². The summed E-state index contributed by atoms with van der Waals surface area (Å²) >= 11 is 0. The number of carbonyl (C=O) groups excluding carboxylic acids is 2. The molecule has 37 heavy (non-hydrogen) atoms. The van der Waals surface area contributed by atoms with Crippen LogP contribution in [0.1, 0.15) is 34.1 Å². The number of benzene rings is 1. The number of hydrogen-bond donors (Lipinski definition) is 1. The first-order valence-electron chi connectivity index (χ1n) is 10.6. The van der Waals surface area contributed by atoms with Crippen molar-refractivity contribution in [1.29, 1.82) is 5.26 Å². The highest BCUT2D eigenvalue weighted by Crippen LogP contribution is 2.45. The highest BCUT2D eigenvalue weighted by Gasteiger charge is 2.61. The van der Waals surface area contributed by atoms with E-state index in [0.717, 1.165) is 4.90 Å². The van der Waals surface area contributed by atoms with E-state index in [0.29, 0.717) is 11.6 Å². The van der Waals surface area contributed by atoms with Crippen molar-refractivity contribution >= 4 is 27.7 Å². The fourth-order valence-electron chi connectivity index (χ4n) is 3.45. The monoisotopic (exact) mass is 546 g/mol. The summed E-state index contributed by atoms with van der Waals surface area (Å²) in [6.45, 7) is 0.307. The minimum Gasteiger partial charge on any atom is -0.462 e. The number of hydrogen-bond acceptors (Lipinski definition) is 8. The third-order valence-corrected chi connectivity index (χ3v) is 6.50. The first-order chi connectivity index (χ1) is 17.2. The van der Waals surface area contributed by atoms with E-state index in [1.807, 2.05) is 4.72 Å². The van der Waals surface area contributed by atoms with Gasteiger partial charge in [0.05, 0.1) is 29.4 Å². The SMILES string of the molecule is CCOC(=O)c1cc(C#N)c(N2CC(C(=O)NS(=O)(=O)Cc3ccccc3)C2)nc1C(F)(F)C(F)(F)F. The molecule has 1 aromatic heterocycles. The molecule has 1 fully saturated rings. The highest BCUT2D eigenvalue weighted by molar-refractivity contribution is 7.89. The van der Waals surface area contributed by atoms with Gasteiger partial charge in [-0.25, -0.2) is 18.2 Å². The quantitative estimate of drug-likeness (QED) is 0.395. The molecule has 15 heteroatoms. The molecule has 0 bridgehead atoms. The lowest BCUT2D eigenvalue weighted by atomic mass is 9.97. The van der Waals surface area contributed by atoms with Crippen molar-refractivity contribution < 1.29 is 44.7 Å². The molecule has 0 atom stereocenters. The maximum absolute atomic E-state index is 14.3. The smallest absolute Gasteiger partial charge is 0.459 e. The number of aromatic nitrogens is 1. The molecule has 2 heterocycles. The molecule has 1 saturated heterocycles. The van der Waals surface area contributed by atoms with Gasteiger partial charge in [-0.2, -0.15) is 27.2 Å². The predicted molar refractivity (Wildman–Crippen MR) is 118 cm³/mol. The Morgan fingerprint density at radius 3 is 2.35 bits per heavy atom. The summed E-state index contributed by atoms with van der Waals surface area (Å²) in [5.74, 6) is -10.1. The lowest BCUT2D eigenvalue weighted by Crippen LogP contribution is -2.55. The van der Waals surface area contributed by atoms with Crippen LogP contribution in [0.3, 0.4) is 0 Å². The summed E-state index contributed by atoms with van der Waals surface area (Å²) in [5, 5.41) is 9.41. The number of sulfonamides is 1. The van der Waals surface area contributed by atoms with Crippen molar-refractivity contribution in [3.8, 4) is 6.07 Å². The Morgan fingerprint density at radius 1 is 1.19 bits per heavy atom. The van der Waals surface area contributed by atoms with Gasteiger partial charge in [-0.05, 0) is 18.6 Å². The molecular formula is C22H19F5N4O5S. The van der Waals surface area contributed by atoms with Crippen molar-refractivity contribution in [3.05, 3.63) is 58.8 Å². The van der Waals surface area contributed by atoms with Crippen LogP contribution in [-0.2, 0) is 31.2 Å². The zero-order valence-electron chi connectivity index (χ0n) is 19.1. The topological polar surface area (TPSA) is 129 Å². The van der Waals surface area contributed by atoms with E-state index in [1.165, 1.54) is 19.1 Å². The molecule has 0 aliphatic carbocycles. The van der Waals surface area contributed by atoms with E-state index in [2.05, 4.69) is 9.72 Å². The summed E-state index contributed by atoms with van der Waals surface area (Å²) in [6, 6.07) is 10.1. The number of ether oxygens (including phenoxy) is 1. The minimum atomic E-state index is -6.11. The number of anilines is 1. The number of nitrogens with zero attached hydrogens (tertiary/aromatic N) is 3. The number of halogens is 5. The Morgan fingerprint density at radius 2 is 1.81 bits per heavy atom. The van der Waals surface area contributed by atoms with Crippen LogP contribution in [0.5, 0.6) is 0 Å². The third-order valence-electron chi connectivity index (χ3n) is 5.28. The first-order valence-corrected chi connectivity index (χ1v) is 12.3. The van der Waals surface area contributed by atoms with Gasteiger partial charge in [0.25, 0.3) is 0 Å². The van der Waals surface area contributed by atoms with E-state index >= 15 is 0 Å². The van der Waals surface area contributed by atoms with Gasteiger partial charge in [-0.1, -0.05) is 30.3 Å². The predicted octanol–water partition coefficient (Wildman–Crippen LogP) is 2.87. The highest BCUT2D eigenvalue weighted by atomic mass is 32.2.